The van der Waals surface area contributed by atoms with E-state index in [2.05, 4.69) is 5.32 Å². The van der Waals surface area contributed by atoms with Crippen LogP contribution in [0.3, 0.4) is 0 Å². The normalized spacial score (nSPS) is 12.5. The molecule has 0 aliphatic carbocycles. The molecule has 2 N–H and O–H groups in total. The van der Waals surface area contributed by atoms with Gasteiger partial charge >= 0.3 is 5.97 Å². The zero-order valence-electron chi connectivity index (χ0n) is 12.1. The minimum Gasteiger partial charge on any atom is -0.480 e. The molecule has 0 aromatic heterocycles. The summed E-state index contributed by atoms with van der Waals surface area (Å²) in [6.07, 6.45) is -0.0299. The maximum atomic E-state index is 11.9. The average molecular weight is 294 g/mol. The number of nitro benzene ring substituents is 1. The first kappa shape index (κ1) is 16.6. The minimum atomic E-state index is -1.10. The van der Waals surface area contributed by atoms with E-state index in [1.54, 1.807) is 20.8 Å². The van der Waals surface area contributed by atoms with Crippen molar-refractivity contribution >= 4 is 17.6 Å². The number of nitro groups is 1. The number of nitrogens with one attached hydrogen (secondary N) is 1. The van der Waals surface area contributed by atoms with Crippen molar-refractivity contribution in [3.05, 3.63) is 39.9 Å². The summed E-state index contributed by atoms with van der Waals surface area (Å²) in [7, 11) is 0. The van der Waals surface area contributed by atoms with Gasteiger partial charge in [-0.05, 0) is 11.0 Å². The fraction of sp³-hybridized carbons (Fsp3) is 0.429. The number of rotatable bonds is 5. The molecule has 0 aliphatic rings. The van der Waals surface area contributed by atoms with Crippen LogP contribution in [0.5, 0.6) is 0 Å². The van der Waals surface area contributed by atoms with Gasteiger partial charge in [-0.3, -0.25) is 14.9 Å². The summed E-state index contributed by atoms with van der Waals surface area (Å²) in [6, 6.07) is 4.57. The second-order valence-electron chi connectivity index (χ2n) is 5.81. The van der Waals surface area contributed by atoms with Gasteiger partial charge in [-0.15, -0.1) is 0 Å². The fourth-order valence-electron chi connectivity index (χ4n) is 1.78. The van der Waals surface area contributed by atoms with Crippen LogP contribution in [0.4, 0.5) is 5.69 Å². The average Bonchev–Trinajstić information content (AvgIpc) is 2.35. The number of carboxylic acids is 1. The molecule has 0 fully saturated rings. The molecule has 1 rings (SSSR count). The Bertz CT molecular complexity index is 545. The SMILES string of the molecule is CC(C)(C)C(NC(=O)Cc1ccc([N+](=O)[O-])cc1)C(=O)O. The van der Waals surface area contributed by atoms with Crippen molar-refractivity contribution in [1.82, 2.24) is 5.32 Å². The molecule has 0 heterocycles. The maximum Gasteiger partial charge on any atom is 0.326 e. The van der Waals surface area contributed by atoms with Crippen LogP contribution in [0.15, 0.2) is 24.3 Å². The standard InChI is InChI=1S/C14H18N2O5/c1-14(2,3)12(13(18)19)15-11(17)8-9-4-6-10(7-5-9)16(20)21/h4-7,12H,8H2,1-3H3,(H,15,17)(H,18,19). The lowest BCUT2D eigenvalue weighted by Gasteiger charge is -2.27. The van der Waals surface area contributed by atoms with Gasteiger partial charge in [0, 0.05) is 12.1 Å². The third-order valence-corrected chi connectivity index (χ3v) is 2.93. The molecule has 0 saturated carbocycles. The van der Waals surface area contributed by atoms with Crippen molar-refractivity contribution in [2.24, 2.45) is 5.41 Å². The second-order valence-corrected chi connectivity index (χ2v) is 5.81. The monoisotopic (exact) mass is 294 g/mol. The molecule has 0 aliphatic heterocycles. The largest absolute Gasteiger partial charge is 0.480 e. The molecule has 114 valence electrons. The van der Waals surface area contributed by atoms with Crippen LogP contribution in [-0.4, -0.2) is 27.9 Å². The highest BCUT2D eigenvalue weighted by Gasteiger charge is 2.32. The highest BCUT2D eigenvalue weighted by atomic mass is 16.6. The number of non-ortho nitro benzene ring substituents is 1. The van der Waals surface area contributed by atoms with Crippen molar-refractivity contribution in [2.45, 2.75) is 33.2 Å². The quantitative estimate of drug-likeness (QED) is 0.635. The third kappa shape index (κ3) is 4.87. The zero-order valence-corrected chi connectivity index (χ0v) is 12.1. The first-order chi connectivity index (χ1) is 9.61. The summed E-state index contributed by atoms with van der Waals surface area (Å²) in [5.74, 6) is -1.54. The Morgan fingerprint density at radius 1 is 1.29 bits per heavy atom. The van der Waals surface area contributed by atoms with Gasteiger partial charge in [0.05, 0.1) is 11.3 Å². The van der Waals surface area contributed by atoms with E-state index in [0.717, 1.165) is 0 Å². The van der Waals surface area contributed by atoms with Crippen molar-refractivity contribution in [3.63, 3.8) is 0 Å². The molecule has 1 unspecified atom stereocenters. The molecule has 21 heavy (non-hydrogen) atoms. The van der Waals surface area contributed by atoms with Crippen molar-refractivity contribution < 1.29 is 19.6 Å². The van der Waals surface area contributed by atoms with E-state index in [0.29, 0.717) is 5.56 Å². The molecule has 1 atom stereocenters. The molecule has 7 heteroatoms. The highest BCUT2D eigenvalue weighted by molar-refractivity contribution is 5.85. The summed E-state index contributed by atoms with van der Waals surface area (Å²) in [6.45, 7) is 5.16. The Morgan fingerprint density at radius 2 is 1.81 bits per heavy atom. The van der Waals surface area contributed by atoms with E-state index < -0.39 is 28.3 Å². The predicted octanol–water partition coefficient (Wildman–Crippen LogP) is 1.75. The molecule has 7 nitrogen and oxygen atoms in total. The molecule has 1 amide bonds. The number of carboxylic acid groups (broad SMARTS) is 1. The second kappa shape index (κ2) is 6.34. The fourth-order valence-corrected chi connectivity index (χ4v) is 1.78. The van der Waals surface area contributed by atoms with Gasteiger partial charge in [0.15, 0.2) is 0 Å². The highest BCUT2D eigenvalue weighted by Crippen LogP contribution is 2.19. The van der Waals surface area contributed by atoms with Crippen molar-refractivity contribution in [3.8, 4) is 0 Å². The number of hydrogen-bond donors (Lipinski definition) is 2. The summed E-state index contributed by atoms with van der Waals surface area (Å²) < 4.78 is 0. The smallest absolute Gasteiger partial charge is 0.326 e. The zero-order chi connectivity index (χ0) is 16.2. The number of aliphatic carboxylic acids is 1. The number of benzene rings is 1. The molecule has 0 bridgehead atoms. The molecular formula is C14H18N2O5. The molecular weight excluding hydrogens is 276 g/mol. The van der Waals surface area contributed by atoms with Crippen LogP contribution < -0.4 is 5.32 Å². The lowest BCUT2D eigenvalue weighted by atomic mass is 9.86. The Balaban J connectivity index is 2.72. The molecule has 0 radical (unpaired) electrons. The first-order valence-electron chi connectivity index (χ1n) is 6.37. The van der Waals surface area contributed by atoms with Crippen LogP contribution >= 0.6 is 0 Å². The summed E-state index contributed by atoms with van der Waals surface area (Å²) in [4.78, 5) is 33.1. The van der Waals surface area contributed by atoms with E-state index in [4.69, 9.17) is 5.11 Å². The Kier molecular flexibility index (Phi) is 5.02. The van der Waals surface area contributed by atoms with Gasteiger partial charge in [0.1, 0.15) is 6.04 Å². The molecule has 0 saturated heterocycles. The van der Waals surface area contributed by atoms with Crippen LogP contribution in [-0.2, 0) is 16.0 Å². The van der Waals surface area contributed by atoms with Crippen molar-refractivity contribution in [1.29, 1.82) is 0 Å². The lowest BCUT2D eigenvalue weighted by Crippen LogP contribution is -2.49. The molecule has 1 aromatic rings. The van der Waals surface area contributed by atoms with Crippen LogP contribution in [0.1, 0.15) is 26.3 Å². The third-order valence-electron chi connectivity index (χ3n) is 2.93. The van der Waals surface area contributed by atoms with Gasteiger partial charge in [-0.1, -0.05) is 32.9 Å². The number of hydrogen-bond acceptors (Lipinski definition) is 4. The van der Waals surface area contributed by atoms with Gasteiger partial charge in [-0.25, -0.2) is 4.79 Å². The van der Waals surface area contributed by atoms with E-state index >= 15 is 0 Å². The van der Waals surface area contributed by atoms with E-state index in [1.807, 2.05) is 0 Å². The number of amides is 1. The van der Waals surface area contributed by atoms with E-state index in [9.17, 15) is 19.7 Å². The number of nitrogens with zero attached hydrogens (tertiary/aromatic N) is 1. The summed E-state index contributed by atoms with van der Waals surface area (Å²) in [5.41, 5.74) is -0.0924. The van der Waals surface area contributed by atoms with Gasteiger partial charge in [0.25, 0.3) is 5.69 Å². The molecule has 1 aromatic carbocycles. The van der Waals surface area contributed by atoms with E-state index in [-0.39, 0.29) is 12.1 Å². The van der Waals surface area contributed by atoms with Gasteiger partial charge < -0.3 is 10.4 Å². The van der Waals surface area contributed by atoms with E-state index in [1.165, 1.54) is 24.3 Å². The van der Waals surface area contributed by atoms with Crippen LogP contribution in [0, 0.1) is 15.5 Å². The minimum absolute atomic E-state index is 0.0299. The van der Waals surface area contributed by atoms with Crippen LogP contribution in [0.25, 0.3) is 0 Å². The van der Waals surface area contributed by atoms with Crippen molar-refractivity contribution in [2.75, 3.05) is 0 Å². The predicted molar refractivity (Wildman–Crippen MR) is 75.8 cm³/mol. The lowest BCUT2D eigenvalue weighted by molar-refractivity contribution is -0.384. The Labute approximate surface area is 122 Å². The van der Waals surface area contributed by atoms with Gasteiger partial charge in [-0.2, -0.15) is 0 Å². The topological polar surface area (TPSA) is 110 Å². The number of carbonyl (C=O) groups is 2. The molecule has 0 spiro atoms. The summed E-state index contributed by atoms with van der Waals surface area (Å²) in [5, 5.41) is 22.1. The van der Waals surface area contributed by atoms with Crippen LogP contribution in [0.2, 0.25) is 0 Å². The summed E-state index contributed by atoms with van der Waals surface area (Å²) >= 11 is 0. The Morgan fingerprint density at radius 3 is 2.19 bits per heavy atom. The maximum absolute atomic E-state index is 11.9. The first-order valence-corrected chi connectivity index (χ1v) is 6.37. The number of carbonyl (C=O) groups excluding carboxylic acids is 1. The Hall–Kier alpha value is -2.44. The van der Waals surface area contributed by atoms with Gasteiger partial charge in [0.2, 0.25) is 5.91 Å².